The number of nitrogens with zero attached hydrogens (tertiary/aromatic N) is 4. The third-order valence-corrected chi connectivity index (χ3v) is 5.20. The van der Waals surface area contributed by atoms with Crippen LogP contribution >= 0.6 is 0 Å². The van der Waals surface area contributed by atoms with E-state index in [1.807, 2.05) is 34.9 Å². The van der Waals surface area contributed by atoms with Gasteiger partial charge in [0.25, 0.3) is 0 Å². The molecule has 0 aromatic carbocycles. The Hall–Kier alpha value is -2.89. The van der Waals surface area contributed by atoms with Crippen molar-refractivity contribution in [3.63, 3.8) is 0 Å². The Kier molecular flexibility index (Phi) is 8.05. The van der Waals surface area contributed by atoms with E-state index in [0.29, 0.717) is 26.2 Å². The highest BCUT2D eigenvalue weighted by molar-refractivity contribution is 5.78. The number of hydrogen-bond acceptors (Lipinski definition) is 5. The van der Waals surface area contributed by atoms with Gasteiger partial charge in [0.15, 0.2) is 0 Å². The van der Waals surface area contributed by atoms with Gasteiger partial charge in [-0.2, -0.15) is 13.2 Å². The smallest absolute Gasteiger partial charge is 0.475 e. The second kappa shape index (κ2) is 10.2. The molecule has 3 rings (SSSR count). The van der Waals surface area contributed by atoms with Crippen molar-refractivity contribution < 1.29 is 37.4 Å². The number of morpholine rings is 1. The lowest BCUT2D eigenvalue weighted by Gasteiger charge is -2.47. The van der Waals surface area contributed by atoms with Crippen LogP contribution in [0.25, 0.3) is 0 Å². The van der Waals surface area contributed by atoms with Gasteiger partial charge in [-0.05, 0) is 31.9 Å². The maximum atomic E-state index is 12.3. The second-order valence-corrected chi connectivity index (χ2v) is 7.96. The number of urea groups is 1. The number of aryl methyl sites for hydroxylation is 1. The van der Waals surface area contributed by atoms with Gasteiger partial charge in [-0.1, -0.05) is 6.07 Å². The maximum Gasteiger partial charge on any atom is 0.490 e. The average molecular weight is 460 g/mol. The van der Waals surface area contributed by atoms with Gasteiger partial charge >= 0.3 is 18.2 Å². The summed E-state index contributed by atoms with van der Waals surface area (Å²) in [7, 11) is 3.53. The highest BCUT2D eigenvalue weighted by atomic mass is 19.4. The normalized spacial score (nSPS) is 18.1. The molecule has 1 aromatic rings. The number of carbonyl (C=O) groups excluding carboxylic acids is 2. The predicted molar refractivity (Wildman–Crippen MR) is 107 cm³/mol. The number of carbonyl (C=O) groups is 3. The molecule has 2 saturated heterocycles. The molecule has 1 aromatic heterocycles. The third-order valence-electron chi connectivity index (χ3n) is 5.20. The number of hydrogen-bond donors (Lipinski definition) is 1. The third kappa shape index (κ3) is 6.81. The number of rotatable bonds is 2. The van der Waals surface area contributed by atoms with Crippen molar-refractivity contribution in [2.75, 3.05) is 40.3 Å². The Morgan fingerprint density at radius 1 is 1.25 bits per heavy atom. The number of halogens is 3. The molecule has 0 radical (unpaired) electrons. The van der Waals surface area contributed by atoms with E-state index in [4.69, 9.17) is 14.6 Å². The molecule has 0 atom stereocenters. The molecule has 9 nitrogen and oxygen atoms in total. The van der Waals surface area contributed by atoms with E-state index in [0.717, 1.165) is 24.2 Å². The van der Waals surface area contributed by atoms with E-state index < -0.39 is 12.1 Å². The van der Waals surface area contributed by atoms with Gasteiger partial charge in [0.1, 0.15) is 6.61 Å². The topological polar surface area (TPSA) is 103 Å². The zero-order valence-corrected chi connectivity index (χ0v) is 18.2. The SMILES string of the molecule is Cc1cccc(CN2CC3(CCN(C(=O)N(C)C)CC3)OCC2=O)n1.O=C(O)C(F)(F)F. The van der Waals surface area contributed by atoms with Crippen LogP contribution in [0.4, 0.5) is 18.0 Å². The first-order valence-electron chi connectivity index (χ1n) is 9.93. The standard InChI is InChI=1S/C18H26N4O3.C2HF3O2/c1-14-5-4-6-15(19-14)11-22-13-18(25-12-16(22)23)7-9-21(10-8-18)17(24)20(2)3;3-2(4,5)1(6)7/h4-6H,7-13H2,1-3H3;(H,6,7). The van der Waals surface area contributed by atoms with Crippen molar-refractivity contribution in [2.24, 2.45) is 0 Å². The number of pyridine rings is 1. The highest BCUT2D eigenvalue weighted by Gasteiger charge is 2.43. The van der Waals surface area contributed by atoms with Crippen molar-refractivity contribution in [2.45, 2.75) is 38.1 Å². The molecule has 3 heterocycles. The molecule has 0 unspecified atom stereocenters. The minimum Gasteiger partial charge on any atom is -0.475 e. The molecule has 0 saturated carbocycles. The van der Waals surface area contributed by atoms with Crippen molar-refractivity contribution in [1.82, 2.24) is 19.7 Å². The van der Waals surface area contributed by atoms with Crippen molar-refractivity contribution in [3.8, 4) is 0 Å². The number of aromatic nitrogens is 1. The number of piperidine rings is 1. The first-order valence-corrected chi connectivity index (χ1v) is 9.93. The summed E-state index contributed by atoms with van der Waals surface area (Å²) in [5, 5.41) is 7.12. The monoisotopic (exact) mass is 460 g/mol. The van der Waals surface area contributed by atoms with E-state index in [9.17, 15) is 22.8 Å². The molecule has 0 bridgehead atoms. The predicted octanol–water partition coefficient (Wildman–Crippen LogP) is 1.90. The number of carboxylic acid groups (broad SMARTS) is 1. The van der Waals surface area contributed by atoms with Crippen LogP contribution in [0, 0.1) is 6.92 Å². The molecular formula is C20H27F3N4O5. The van der Waals surface area contributed by atoms with Crippen LogP contribution in [-0.4, -0.2) is 94.8 Å². The summed E-state index contributed by atoms with van der Waals surface area (Å²) < 4.78 is 37.7. The fraction of sp³-hybridized carbons (Fsp3) is 0.600. The van der Waals surface area contributed by atoms with Crippen LogP contribution in [0.3, 0.4) is 0 Å². The fourth-order valence-corrected chi connectivity index (χ4v) is 3.51. The number of amides is 3. The summed E-state index contributed by atoms with van der Waals surface area (Å²) in [5.74, 6) is -2.76. The van der Waals surface area contributed by atoms with Gasteiger partial charge in [-0.15, -0.1) is 0 Å². The van der Waals surface area contributed by atoms with Gasteiger partial charge < -0.3 is 24.5 Å². The molecule has 2 fully saturated rings. The Balaban J connectivity index is 0.000000451. The number of aliphatic carboxylic acids is 1. The fourth-order valence-electron chi connectivity index (χ4n) is 3.51. The zero-order chi connectivity index (χ0) is 24.1. The number of alkyl halides is 3. The van der Waals surface area contributed by atoms with Crippen molar-refractivity contribution in [3.05, 3.63) is 29.6 Å². The number of likely N-dealkylation sites (tertiary alicyclic amines) is 1. The first-order chi connectivity index (χ1) is 14.8. The van der Waals surface area contributed by atoms with Crippen molar-refractivity contribution in [1.29, 1.82) is 0 Å². The summed E-state index contributed by atoms with van der Waals surface area (Å²) in [6, 6.07) is 5.89. The number of ether oxygens (including phenoxy) is 1. The molecule has 2 aliphatic heterocycles. The Morgan fingerprint density at radius 2 is 1.84 bits per heavy atom. The molecule has 12 heteroatoms. The van der Waals surface area contributed by atoms with E-state index in [-0.39, 0.29) is 24.1 Å². The van der Waals surface area contributed by atoms with Gasteiger partial charge in [-0.3, -0.25) is 9.78 Å². The summed E-state index contributed by atoms with van der Waals surface area (Å²) in [4.78, 5) is 43.0. The number of carboxylic acids is 1. The van der Waals surface area contributed by atoms with Crippen LogP contribution in [0.15, 0.2) is 18.2 Å². The van der Waals surface area contributed by atoms with Gasteiger partial charge in [0, 0.05) is 32.9 Å². The molecule has 32 heavy (non-hydrogen) atoms. The Morgan fingerprint density at radius 3 is 2.34 bits per heavy atom. The van der Waals surface area contributed by atoms with Crippen LogP contribution in [-0.2, 0) is 20.9 Å². The summed E-state index contributed by atoms with van der Waals surface area (Å²) >= 11 is 0. The quantitative estimate of drug-likeness (QED) is 0.723. The van der Waals surface area contributed by atoms with Gasteiger partial charge in [0.05, 0.1) is 24.4 Å². The van der Waals surface area contributed by atoms with Crippen LogP contribution in [0.5, 0.6) is 0 Å². The van der Waals surface area contributed by atoms with E-state index in [2.05, 4.69) is 4.98 Å². The van der Waals surface area contributed by atoms with E-state index in [1.54, 1.807) is 19.0 Å². The largest absolute Gasteiger partial charge is 0.490 e. The molecule has 1 N–H and O–H groups in total. The molecule has 0 aliphatic carbocycles. The Bertz CT molecular complexity index is 839. The Labute approximate surface area is 183 Å². The van der Waals surface area contributed by atoms with E-state index >= 15 is 0 Å². The van der Waals surface area contributed by atoms with Crippen LogP contribution in [0.1, 0.15) is 24.2 Å². The summed E-state index contributed by atoms with van der Waals surface area (Å²) in [6.07, 6.45) is -3.59. The van der Waals surface area contributed by atoms with Gasteiger partial charge in [0.2, 0.25) is 5.91 Å². The molecule has 3 amide bonds. The molecule has 2 aliphatic rings. The highest BCUT2D eigenvalue weighted by Crippen LogP contribution is 2.31. The summed E-state index contributed by atoms with van der Waals surface area (Å²) in [5.41, 5.74) is 1.50. The van der Waals surface area contributed by atoms with Gasteiger partial charge in [-0.25, -0.2) is 9.59 Å². The van der Waals surface area contributed by atoms with E-state index in [1.165, 1.54) is 0 Å². The minimum atomic E-state index is -5.08. The maximum absolute atomic E-state index is 12.3. The lowest BCUT2D eigenvalue weighted by molar-refractivity contribution is -0.192. The summed E-state index contributed by atoms with van der Waals surface area (Å²) in [6.45, 7) is 4.43. The lowest BCUT2D eigenvalue weighted by atomic mass is 9.89. The minimum absolute atomic E-state index is 0.000675. The molecule has 178 valence electrons. The van der Waals surface area contributed by atoms with Crippen molar-refractivity contribution >= 4 is 17.9 Å². The average Bonchev–Trinajstić information content (AvgIpc) is 2.71. The molecule has 1 spiro atoms. The van der Waals surface area contributed by atoms with Crippen LogP contribution < -0.4 is 0 Å². The van der Waals surface area contributed by atoms with Crippen LogP contribution in [0.2, 0.25) is 0 Å². The zero-order valence-electron chi connectivity index (χ0n) is 18.2. The molecular weight excluding hydrogens is 433 g/mol. The second-order valence-electron chi connectivity index (χ2n) is 7.96. The lowest BCUT2D eigenvalue weighted by Crippen LogP contribution is -2.59. The first kappa shape index (κ1) is 25.4.